The molecule has 32 heavy (non-hydrogen) atoms. The number of hydrogen-bond donors (Lipinski definition) is 0. The van der Waals surface area contributed by atoms with Crippen molar-refractivity contribution in [2.24, 2.45) is 0 Å². The van der Waals surface area contributed by atoms with Gasteiger partial charge in [0.15, 0.2) is 9.84 Å². The van der Waals surface area contributed by atoms with Crippen LogP contribution >= 0.6 is 0 Å². The zero-order chi connectivity index (χ0) is 22.7. The van der Waals surface area contributed by atoms with Gasteiger partial charge in [-0.25, -0.2) is 13.4 Å². The number of oxazole rings is 1. The van der Waals surface area contributed by atoms with E-state index >= 15 is 0 Å². The second kappa shape index (κ2) is 9.28. The van der Waals surface area contributed by atoms with Crippen molar-refractivity contribution >= 4 is 15.7 Å². The Balaban J connectivity index is 1.51. The molecule has 0 atom stereocenters. The van der Waals surface area contributed by atoms with Gasteiger partial charge in [0.1, 0.15) is 11.5 Å². The molecule has 0 N–H and O–H groups in total. The summed E-state index contributed by atoms with van der Waals surface area (Å²) in [7, 11) is -3.53. The lowest BCUT2D eigenvalue weighted by atomic mass is 10.1. The van der Waals surface area contributed by atoms with Crippen LogP contribution in [-0.2, 0) is 15.6 Å². The molecule has 4 rings (SSSR count). The van der Waals surface area contributed by atoms with Gasteiger partial charge in [0.05, 0.1) is 10.6 Å². The van der Waals surface area contributed by atoms with Crippen LogP contribution in [0.4, 0.5) is 0 Å². The van der Waals surface area contributed by atoms with Crippen molar-refractivity contribution in [3.8, 4) is 11.5 Å². The first-order valence-corrected chi connectivity index (χ1v) is 12.6. The fraction of sp³-hybridized carbons (Fsp3) is 0.360. The molecule has 1 amide bonds. The van der Waals surface area contributed by atoms with E-state index in [1.165, 1.54) is 12.8 Å². The molecule has 1 aliphatic rings. The number of likely N-dealkylation sites (tertiary alicyclic amines) is 1. The molecular weight excluding hydrogens is 424 g/mol. The summed E-state index contributed by atoms with van der Waals surface area (Å²) in [6.07, 6.45) is 4.45. The van der Waals surface area contributed by atoms with Crippen LogP contribution in [0.3, 0.4) is 0 Å². The number of hydrogen-bond acceptors (Lipinski definition) is 5. The number of amides is 1. The summed E-state index contributed by atoms with van der Waals surface area (Å²) in [5, 5.41) is 0. The lowest BCUT2D eigenvalue weighted by Crippen LogP contribution is -2.31. The van der Waals surface area contributed by atoms with Gasteiger partial charge in [-0.2, -0.15) is 0 Å². The van der Waals surface area contributed by atoms with Crippen LogP contribution in [0.2, 0.25) is 0 Å². The predicted octanol–water partition coefficient (Wildman–Crippen LogP) is 4.95. The number of rotatable bonds is 5. The topological polar surface area (TPSA) is 80.5 Å². The Bertz CT molecular complexity index is 1190. The first-order chi connectivity index (χ1) is 15.3. The zero-order valence-electron chi connectivity index (χ0n) is 18.5. The summed E-state index contributed by atoms with van der Waals surface area (Å²) in [5.74, 6) is 0.648. The number of aryl methyl sites for hydroxylation is 2. The molecule has 2 heterocycles. The molecule has 2 aromatic carbocycles. The van der Waals surface area contributed by atoms with Crippen molar-refractivity contribution in [2.75, 3.05) is 13.1 Å². The van der Waals surface area contributed by atoms with Crippen LogP contribution in [0.1, 0.15) is 53.1 Å². The highest BCUT2D eigenvalue weighted by Gasteiger charge is 2.22. The van der Waals surface area contributed by atoms with Crippen molar-refractivity contribution in [2.45, 2.75) is 50.2 Å². The minimum absolute atomic E-state index is 0.0481. The van der Waals surface area contributed by atoms with Crippen LogP contribution in [-0.4, -0.2) is 37.3 Å². The molecule has 1 fully saturated rings. The molecule has 0 saturated carbocycles. The third-order valence-corrected chi connectivity index (χ3v) is 7.52. The van der Waals surface area contributed by atoms with E-state index in [1.807, 2.05) is 11.8 Å². The maximum atomic E-state index is 12.8. The molecule has 3 aromatic rings. The molecule has 0 spiro atoms. The smallest absolute Gasteiger partial charge is 0.253 e. The van der Waals surface area contributed by atoms with E-state index in [4.69, 9.17) is 4.42 Å². The molecule has 6 nitrogen and oxygen atoms in total. The van der Waals surface area contributed by atoms with Gasteiger partial charge < -0.3 is 9.32 Å². The average Bonchev–Trinajstić information content (AvgIpc) is 2.97. The van der Waals surface area contributed by atoms with E-state index in [9.17, 15) is 13.2 Å². The number of carbonyl (C=O) groups is 1. The molecule has 0 aliphatic carbocycles. The van der Waals surface area contributed by atoms with E-state index < -0.39 is 9.84 Å². The number of carbonyl (C=O) groups excluding carboxylic acids is 1. The normalized spacial score (nSPS) is 14.9. The van der Waals surface area contributed by atoms with Crippen LogP contribution in [0.5, 0.6) is 0 Å². The SMILES string of the molecule is Cc1ccc(S(=O)(=O)Cc2nc(-c3ccc(C(=O)N4CCCCCC4)cc3)oc2C)cc1. The third kappa shape index (κ3) is 4.93. The standard InChI is InChI=1S/C25H28N2O4S/c1-18-7-13-22(14-8-18)32(29,30)17-23-19(2)31-24(26-23)20-9-11-21(12-10-20)25(28)27-15-5-3-4-6-16-27/h7-14H,3-6,15-17H2,1-2H3. The van der Waals surface area contributed by atoms with Gasteiger partial charge in [0.25, 0.3) is 5.91 Å². The van der Waals surface area contributed by atoms with Crippen LogP contribution < -0.4 is 0 Å². The molecule has 0 bridgehead atoms. The first-order valence-electron chi connectivity index (χ1n) is 11.0. The summed E-state index contributed by atoms with van der Waals surface area (Å²) >= 11 is 0. The largest absolute Gasteiger partial charge is 0.441 e. The van der Waals surface area contributed by atoms with E-state index in [0.29, 0.717) is 28.5 Å². The Morgan fingerprint density at radius 3 is 2.19 bits per heavy atom. The number of benzene rings is 2. The molecule has 1 aromatic heterocycles. The second-order valence-corrected chi connectivity index (χ2v) is 10.4. The van der Waals surface area contributed by atoms with E-state index in [1.54, 1.807) is 55.5 Å². The minimum Gasteiger partial charge on any atom is -0.441 e. The quantitative estimate of drug-likeness (QED) is 0.547. The molecule has 0 radical (unpaired) electrons. The van der Waals surface area contributed by atoms with Crippen molar-refractivity contribution in [1.82, 2.24) is 9.88 Å². The molecule has 7 heteroatoms. The van der Waals surface area contributed by atoms with Crippen molar-refractivity contribution in [3.05, 3.63) is 71.1 Å². The number of aromatic nitrogens is 1. The van der Waals surface area contributed by atoms with Gasteiger partial charge in [-0.3, -0.25) is 4.79 Å². The van der Waals surface area contributed by atoms with Crippen LogP contribution in [0.15, 0.2) is 57.8 Å². The molecule has 1 aliphatic heterocycles. The van der Waals surface area contributed by atoms with Crippen molar-refractivity contribution < 1.29 is 17.6 Å². The summed E-state index contributed by atoms with van der Waals surface area (Å²) in [5.41, 5.74) is 2.74. The maximum absolute atomic E-state index is 12.8. The van der Waals surface area contributed by atoms with E-state index in [0.717, 1.165) is 31.5 Å². The van der Waals surface area contributed by atoms with Crippen molar-refractivity contribution in [1.29, 1.82) is 0 Å². The van der Waals surface area contributed by atoms with Crippen LogP contribution in [0.25, 0.3) is 11.5 Å². The fourth-order valence-electron chi connectivity index (χ4n) is 3.91. The molecular formula is C25H28N2O4S. The van der Waals surface area contributed by atoms with Gasteiger partial charge in [0.2, 0.25) is 5.89 Å². The van der Waals surface area contributed by atoms with Gasteiger partial charge in [0, 0.05) is 24.2 Å². The lowest BCUT2D eigenvalue weighted by molar-refractivity contribution is 0.0761. The van der Waals surface area contributed by atoms with Crippen molar-refractivity contribution in [3.63, 3.8) is 0 Å². The predicted molar refractivity (Wildman–Crippen MR) is 123 cm³/mol. The Morgan fingerprint density at radius 2 is 1.56 bits per heavy atom. The van der Waals surface area contributed by atoms with E-state index in [-0.39, 0.29) is 16.6 Å². The van der Waals surface area contributed by atoms with E-state index in [2.05, 4.69) is 4.98 Å². The third-order valence-electron chi connectivity index (χ3n) is 5.87. The summed E-state index contributed by atoms with van der Waals surface area (Å²) in [6, 6.07) is 14.0. The highest BCUT2D eigenvalue weighted by Crippen LogP contribution is 2.26. The van der Waals surface area contributed by atoms with Crippen LogP contribution in [0, 0.1) is 13.8 Å². The molecule has 0 unspecified atom stereocenters. The average molecular weight is 453 g/mol. The summed E-state index contributed by atoms with van der Waals surface area (Å²) in [6.45, 7) is 5.24. The second-order valence-electron chi connectivity index (χ2n) is 8.38. The summed E-state index contributed by atoms with van der Waals surface area (Å²) < 4.78 is 31.3. The van der Waals surface area contributed by atoms with Gasteiger partial charge in [-0.1, -0.05) is 30.5 Å². The van der Waals surface area contributed by atoms with Gasteiger partial charge in [-0.15, -0.1) is 0 Å². The highest BCUT2D eigenvalue weighted by molar-refractivity contribution is 7.90. The fourth-order valence-corrected chi connectivity index (χ4v) is 5.25. The zero-order valence-corrected chi connectivity index (χ0v) is 19.3. The summed E-state index contributed by atoms with van der Waals surface area (Å²) in [4.78, 5) is 19.4. The van der Waals surface area contributed by atoms with Gasteiger partial charge in [-0.05, 0) is 63.1 Å². The molecule has 1 saturated heterocycles. The highest BCUT2D eigenvalue weighted by atomic mass is 32.2. The number of sulfone groups is 1. The van der Waals surface area contributed by atoms with Gasteiger partial charge >= 0.3 is 0 Å². The first kappa shape index (κ1) is 22.3. The maximum Gasteiger partial charge on any atom is 0.253 e. The Kier molecular flexibility index (Phi) is 6.46. The Labute approximate surface area is 189 Å². The monoisotopic (exact) mass is 452 g/mol. The Hall–Kier alpha value is -2.93. The minimum atomic E-state index is -3.53. The lowest BCUT2D eigenvalue weighted by Gasteiger charge is -2.20. The molecule has 168 valence electrons. The number of nitrogens with zero attached hydrogens (tertiary/aromatic N) is 2. The Morgan fingerprint density at radius 1 is 0.938 bits per heavy atom.